The summed E-state index contributed by atoms with van der Waals surface area (Å²) in [7, 11) is 0. The summed E-state index contributed by atoms with van der Waals surface area (Å²) in [5, 5.41) is 11.3. The van der Waals surface area contributed by atoms with Gasteiger partial charge in [-0.3, -0.25) is 20.0 Å². The number of hydrogen-bond donors (Lipinski definition) is 3. The highest BCUT2D eigenvalue weighted by atomic mass is 16.2. The molecule has 39 heavy (non-hydrogen) atoms. The van der Waals surface area contributed by atoms with Gasteiger partial charge in [-0.25, -0.2) is 4.99 Å². The number of fused-ring (bicyclic) bond motifs is 1. The lowest BCUT2D eigenvalue weighted by Crippen LogP contribution is -2.36. The van der Waals surface area contributed by atoms with E-state index in [0.717, 1.165) is 65.2 Å². The molecule has 9 heteroatoms. The Morgan fingerprint density at radius 2 is 1.95 bits per heavy atom. The number of amidine groups is 1. The van der Waals surface area contributed by atoms with Crippen LogP contribution in [0.3, 0.4) is 0 Å². The third kappa shape index (κ3) is 5.57. The van der Waals surface area contributed by atoms with Crippen molar-refractivity contribution in [2.75, 3.05) is 23.7 Å². The van der Waals surface area contributed by atoms with E-state index in [4.69, 9.17) is 5.10 Å². The number of aliphatic imine (C=N–C) groups is 1. The molecular formula is C30H37N7O2. The van der Waals surface area contributed by atoms with Gasteiger partial charge < -0.3 is 15.5 Å². The lowest BCUT2D eigenvalue weighted by Gasteiger charge is -2.26. The first-order valence-corrected chi connectivity index (χ1v) is 13.9. The average molecular weight is 528 g/mol. The van der Waals surface area contributed by atoms with Crippen molar-refractivity contribution in [3.8, 4) is 0 Å². The molecule has 3 N–H and O–H groups in total. The Morgan fingerprint density at radius 1 is 1.15 bits per heavy atom. The third-order valence-corrected chi connectivity index (χ3v) is 7.80. The number of amides is 2. The van der Waals surface area contributed by atoms with Crippen LogP contribution in [0.1, 0.15) is 67.9 Å². The molecule has 2 atom stereocenters. The highest BCUT2D eigenvalue weighted by Crippen LogP contribution is 2.34. The first-order valence-electron chi connectivity index (χ1n) is 13.9. The van der Waals surface area contributed by atoms with Crippen molar-refractivity contribution in [3.05, 3.63) is 59.5 Å². The summed E-state index contributed by atoms with van der Waals surface area (Å²) in [6.07, 6.45) is 8.83. The van der Waals surface area contributed by atoms with Crippen molar-refractivity contribution in [3.63, 3.8) is 0 Å². The summed E-state index contributed by atoms with van der Waals surface area (Å²) in [6, 6.07) is 7.79. The van der Waals surface area contributed by atoms with Crippen LogP contribution in [0, 0.1) is 18.8 Å². The Labute approximate surface area is 229 Å². The Hall–Kier alpha value is -4.01. The number of nitrogens with zero attached hydrogens (tertiary/aromatic N) is 4. The molecule has 1 aromatic carbocycles. The fraction of sp³-hybridized carbons (Fsp3) is 0.433. The zero-order chi connectivity index (χ0) is 27.5. The topological polar surface area (TPSA) is 111 Å². The van der Waals surface area contributed by atoms with Crippen LogP contribution >= 0.6 is 0 Å². The maximum Gasteiger partial charge on any atom is 0.254 e. The van der Waals surface area contributed by atoms with Gasteiger partial charge in [0.25, 0.3) is 5.91 Å². The van der Waals surface area contributed by atoms with Gasteiger partial charge in [-0.1, -0.05) is 13.0 Å². The molecule has 2 unspecified atom stereocenters. The SMILES string of the molecule is CCC(Nc1cccc(C(=O)N(CC)CC)c1C)C1=NNC2=NC=C(c3cncc(NC(=O)C4CC4)c3)CC21. The van der Waals surface area contributed by atoms with Gasteiger partial charge in [0.2, 0.25) is 5.91 Å². The molecular weight excluding hydrogens is 490 g/mol. The number of anilines is 2. The number of carbonyl (C=O) groups excluding carboxylic acids is 2. The molecule has 0 bridgehead atoms. The van der Waals surface area contributed by atoms with Gasteiger partial charge in [-0.2, -0.15) is 5.10 Å². The minimum atomic E-state index is -0.0330. The van der Waals surface area contributed by atoms with Gasteiger partial charge in [0, 0.05) is 42.7 Å². The predicted octanol–water partition coefficient (Wildman–Crippen LogP) is 4.83. The maximum absolute atomic E-state index is 13.1. The fourth-order valence-electron chi connectivity index (χ4n) is 5.22. The number of hydrazone groups is 1. The molecule has 1 saturated carbocycles. The number of allylic oxidation sites excluding steroid dienone is 1. The van der Waals surface area contributed by atoms with Crippen molar-refractivity contribution < 1.29 is 9.59 Å². The summed E-state index contributed by atoms with van der Waals surface area (Å²) >= 11 is 0. The van der Waals surface area contributed by atoms with Crippen molar-refractivity contribution in [2.45, 2.75) is 59.4 Å². The zero-order valence-corrected chi connectivity index (χ0v) is 23.1. The Balaban J connectivity index is 1.32. The van der Waals surface area contributed by atoms with Gasteiger partial charge in [-0.15, -0.1) is 0 Å². The first-order chi connectivity index (χ1) is 18.9. The Bertz CT molecular complexity index is 1350. The number of rotatable bonds is 10. The van der Waals surface area contributed by atoms with E-state index >= 15 is 0 Å². The van der Waals surface area contributed by atoms with Crippen LogP contribution in [0.5, 0.6) is 0 Å². The van der Waals surface area contributed by atoms with Gasteiger partial charge in [0.1, 0.15) is 5.84 Å². The largest absolute Gasteiger partial charge is 0.377 e. The Kier molecular flexibility index (Phi) is 7.77. The lowest BCUT2D eigenvalue weighted by atomic mass is 9.86. The minimum Gasteiger partial charge on any atom is -0.377 e. The van der Waals surface area contributed by atoms with Gasteiger partial charge in [-0.05, 0) is 81.4 Å². The van der Waals surface area contributed by atoms with Crippen LogP contribution in [0.4, 0.5) is 11.4 Å². The van der Waals surface area contributed by atoms with E-state index in [-0.39, 0.29) is 29.7 Å². The Morgan fingerprint density at radius 3 is 2.67 bits per heavy atom. The molecule has 0 spiro atoms. The molecule has 1 aliphatic carbocycles. The summed E-state index contributed by atoms with van der Waals surface area (Å²) < 4.78 is 0. The normalized spacial score (nSPS) is 18.7. The van der Waals surface area contributed by atoms with Crippen LogP contribution < -0.4 is 16.1 Å². The van der Waals surface area contributed by atoms with Crippen molar-refractivity contribution in [1.82, 2.24) is 15.3 Å². The highest BCUT2D eigenvalue weighted by Gasteiger charge is 2.36. The van der Waals surface area contributed by atoms with Crippen LogP contribution in [0.2, 0.25) is 0 Å². The second kappa shape index (κ2) is 11.4. The molecule has 2 aromatic rings. The molecule has 1 fully saturated rings. The molecule has 0 saturated heterocycles. The van der Waals surface area contributed by atoms with E-state index in [1.165, 1.54) is 0 Å². The molecule has 3 aliphatic rings. The molecule has 2 amide bonds. The van der Waals surface area contributed by atoms with E-state index in [2.05, 4.69) is 33.0 Å². The number of carbonyl (C=O) groups is 2. The number of aromatic nitrogens is 1. The van der Waals surface area contributed by atoms with E-state index in [1.54, 1.807) is 6.20 Å². The second-order valence-electron chi connectivity index (χ2n) is 10.4. The highest BCUT2D eigenvalue weighted by molar-refractivity contribution is 6.15. The number of benzene rings is 1. The maximum atomic E-state index is 13.1. The van der Waals surface area contributed by atoms with E-state index in [1.807, 2.05) is 62.3 Å². The average Bonchev–Trinajstić information content (AvgIpc) is 3.73. The number of hydrogen-bond acceptors (Lipinski definition) is 7. The van der Waals surface area contributed by atoms with Crippen molar-refractivity contribution in [2.24, 2.45) is 21.9 Å². The molecule has 1 aromatic heterocycles. The van der Waals surface area contributed by atoms with Crippen LogP contribution in [0.25, 0.3) is 5.57 Å². The van der Waals surface area contributed by atoms with E-state index < -0.39 is 0 Å². The number of pyridine rings is 1. The molecule has 9 nitrogen and oxygen atoms in total. The molecule has 2 aliphatic heterocycles. The van der Waals surface area contributed by atoms with Crippen molar-refractivity contribution in [1.29, 1.82) is 0 Å². The smallest absolute Gasteiger partial charge is 0.254 e. The zero-order valence-electron chi connectivity index (χ0n) is 23.1. The van der Waals surface area contributed by atoms with Gasteiger partial charge >= 0.3 is 0 Å². The quantitative estimate of drug-likeness (QED) is 0.410. The van der Waals surface area contributed by atoms with E-state index in [0.29, 0.717) is 18.8 Å². The summed E-state index contributed by atoms with van der Waals surface area (Å²) in [5.41, 5.74) is 9.42. The van der Waals surface area contributed by atoms with E-state index in [9.17, 15) is 9.59 Å². The van der Waals surface area contributed by atoms with Crippen LogP contribution in [-0.2, 0) is 4.79 Å². The molecule has 3 heterocycles. The fourth-order valence-corrected chi connectivity index (χ4v) is 5.22. The monoisotopic (exact) mass is 527 g/mol. The summed E-state index contributed by atoms with van der Waals surface area (Å²) in [4.78, 5) is 36.2. The molecule has 204 valence electrons. The lowest BCUT2D eigenvalue weighted by molar-refractivity contribution is -0.117. The third-order valence-electron chi connectivity index (χ3n) is 7.80. The van der Waals surface area contributed by atoms with Gasteiger partial charge in [0.05, 0.1) is 29.6 Å². The number of nitrogens with one attached hydrogen (secondary N) is 3. The van der Waals surface area contributed by atoms with Crippen LogP contribution in [0.15, 0.2) is 53.0 Å². The summed E-state index contributed by atoms with van der Waals surface area (Å²) in [6.45, 7) is 9.48. The standard InChI is InChI=1S/C30H37N7O2/c1-5-25(34-26-10-8-9-23(18(26)4)30(39)37(6-2)7-3)27-24-14-21(16-32-28(24)36-35-27)20-13-22(17-31-15-20)33-29(38)19-11-12-19/h8-10,13,15-17,19,24-25,34H,5-7,11-12,14H2,1-4H3,(H,32,36)(H,33,38). The predicted molar refractivity (Wildman–Crippen MR) is 156 cm³/mol. The van der Waals surface area contributed by atoms with Gasteiger partial charge in [0.15, 0.2) is 0 Å². The molecule has 0 radical (unpaired) electrons. The molecule has 5 rings (SSSR count). The minimum absolute atomic E-state index is 0.00737. The van der Waals surface area contributed by atoms with Crippen LogP contribution in [-0.4, -0.2) is 52.4 Å². The summed E-state index contributed by atoms with van der Waals surface area (Å²) in [5.74, 6) is 1.09. The first kappa shape index (κ1) is 26.6. The van der Waals surface area contributed by atoms with Crippen molar-refractivity contribution >= 4 is 40.3 Å². The second-order valence-corrected chi connectivity index (χ2v) is 10.4.